The van der Waals surface area contributed by atoms with Gasteiger partial charge in [-0.05, 0) is 62.2 Å². The molecule has 188 valence electrons. The van der Waals surface area contributed by atoms with Gasteiger partial charge < -0.3 is 23.8 Å². The number of fused-ring (bicyclic) bond motifs is 1. The van der Waals surface area contributed by atoms with Crippen LogP contribution in [0.5, 0.6) is 5.75 Å². The van der Waals surface area contributed by atoms with Gasteiger partial charge in [0.2, 0.25) is 5.84 Å². The topological polar surface area (TPSA) is 61.1 Å². The molecule has 0 N–H and O–H groups in total. The van der Waals surface area contributed by atoms with Gasteiger partial charge in [0, 0.05) is 6.20 Å². The molecular weight excluding hydrogens is 473 g/mol. The molecule has 2 atom stereocenters. The van der Waals surface area contributed by atoms with Crippen LogP contribution >= 0.6 is 0 Å². The first-order valence-electron chi connectivity index (χ1n) is 11.4. The van der Waals surface area contributed by atoms with Crippen molar-refractivity contribution in [3.8, 4) is 11.4 Å². The zero-order valence-electron chi connectivity index (χ0n) is 20.3. The van der Waals surface area contributed by atoms with Crippen LogP contribution in [-0.2, 0) is 15.1 Å². The van der Waals surface area contributed by atoms with Crippen LogP contribution in [0.25, 0.3) is 11.8 Å². The summed E-state index contributed by atoms with van der Waals surface area (Å²) in [6.07, 6.45) is 5.15. The highest BCUT2D eigenvalue weighted by molar-refractivity contribution is 6.01. The lowest BCUT2D eigenvalue weighted by Crippen LogP contribution is -2.58. The Balaban J connectivity index is 1.53. The first kappa shape index (κ1) is 23.8. The van der Waals surface area contributed by atoms with Crippen molar-refractivity contribution in [1.82, 2.24) is 14.5 Å². The van der Waals surface area contributed by atoms with Crippen LogP contribution in [0.3, 0.4) is 0 Å². The largest absolute Gasteiger partial charge is 0.495 e. The average molecular weight is 499 g/mol. The smallest absolute Gasteiger partial charge is 0.211 e. The van der Waals surface area contributed by atoms with Gasteiger partial charge in [-0.15, -0.1) is 0 Å². The van der Waals surface area contributed by atoms with Gasteiger partial charge in [0.05, 0.1) is 31.4 Å². The average Bonchev–Trinajstić information content (AvgIpc) is 3.28. The summed E-state index contributed by atoms with van der Waals surface area (Å²) < 4.78 is 55.4. The maximum Gasteiger partial charge on any atom is 0.211 e. The zero-order chi connectivity index (χ0) is 25.6. The molecule has 0 aliphatic carbocycles. The maximum absolute atomic E-state index is 14.1. The highest BCUT2D eigenvalue weighted by Crippen LogP contribution is 2.38. The molecule has 3 aromatic rings. The number of halogens is 3. The van der Waals surface area contributed by atoms with Gasteiger partial charge in [0.15, 0.2) is 23.2 Å². The molecule has 0 saturated carbocycles. The van der Waals surface area contributed by atoms with Crippen LogP contribution in [0.15, 0.2) is 53.8 Å². The third kappa shape index (κ3) is 4.06. The van der Waals surface area contributed by atoms with E-state index in [0.717, 1.165) is 29.1 Å². The van der Waals surface area contributed by atoms with Gasteiger partial charge in [-0.1, -0.05) is 11.2 Å². The van der Waals surface area contributed by atoms with Gasteiger partial charge in [0.1, 0.15) is 24.0 Å². The summed E-state index contributed by atoms with van der Waals surface area (Å²) in [7, 11) is 1.59. The number of nitrogens with zero attached hydrogens (tertiary/aromatic N) is 4. The van der Waals surface area contributed by atoms with Crippen LogP contribution in [-0.4, -0.2) is 46.7 Å². The number of aromatic nitrogens is 2. The normalized spacial score (nSPS) is 22.5. The second-order valence-electron chi connectivity index (χ2n) is 9.12. The van der Waals surface area contributed by atoms with Gasteiger partial charge in [-0.3, -0.25) is 0 Å². The SMILES string of the molecule is COc1cc(/C=C2\OC(C)CN3C2=NOCC3(C)c2cc(F)c(F)c(F)c2)ccc1-n1cnc(C)c1. The summed E-state index contributed by atoms with van der Waals surface area (Å²) in [6, 6.07) is 7.66. The summed E-state index contributed by atoms with van der Waals surface area (Å²) >= 11 is 0. The lowest BCUT2D eigenvalue weighted by molar-refractivity contribution is -0.0324. The van der Waals surface area contributed by atoms with Crippen LogP contribution in [0.4, 0.5) is 13.2 Å². The Morgan fingerprint density at radius 2 is 1.92 bits per heavy atom. The predicted octanol–water partition coefficient (Wildman–Crippen LogP) is 4.93. The number of oxime groups is 1. The quantitative estimate of drug-likeness (QED) is 0.478. The Morgan fingerprint density at radius 1 is 1.17 bits per heavy atom. The number of imidazole rings is 1. The molecule has 2 aliphatic heterocycles. The van der Waals surface area contributed by atoms with Crippen molar-refractivity contribution in [1.29, 1.82) is 0 Å². The zero-order valence-corrected chi connectivity index (χ0v) is 20.3. The molecule has 1 aromatic heterocycles. The first-order chi connectivity index (χ1) is 17.2. The Hall–Kier alpha value is -3.95. The second-order valence-corrected chi connectivity index (χ2v) is 9.12. The van der Waals surface area contributed by atoms with Crippen molar-refractivity contribution >= 4 is 11.9 Å². The van der Waals surface area contributed by atoms with Gasteiger partial charge in [-0.25, -0.2) is 18.2 Å². The highest BCUT2D eigenvalue weighted by atomic mass is 19.2. The third-order valence-corrected chi connectivity index (χ3v) is 6.43. The van der Waals surface area contributed by atoms with Crippen LogP contribution in [0.1, 0.15) is 30.7 Å². The second kappa shape index (κ2) is 8.92. The fourth-order valence-corrected chi connectivity index (χ4v) is 4.52. The lowest BCUT2D eigenvalue weighted by atomic mass is 9.88. The Bertz CT molecular complexity index is 1360. The first-order valence-corrected chi connectivity index (χ1v) is 11.4. The molecule has 36 heavy (non-hydrogen) atoms. The number of aryl methyl sites for hydroxylation is 1. The number of benzene rings is 2. The molecule has 2 aromatic carbocycles. The van der Waals surface area contributed by atoms with E-state index in [4.69, 9.17) is 14.3 Å². The van der Waals surface area contributed by atoms with Crippen molar-refractivity contribution in [3.05, 3.63) is 82.9 Å². The molecular formula is C26H25F3N4O3. The lowest BCUT2D eigenvalue weighted by Gasteiger charge is -2.48. The summed E-state index contributed by atoms with van der Waals surface area (Å²) in [5.74, 6) is -2.59. The summed E-state index contributed by atoms with van der Waals surface area (Å²) in [5, 5.41) is 4.20. The molecule has 0 bridgehead atoms. The van der Waals surface area contributed by atoms with Crippen molar-refractivity contribution in [2.24, 2.45) is 5.16 Å². The summed E-state index contributed by atoms with van der Waals surface area (Å²) in [5.41, 5.74) is 1.72. The molecule has 2 unspecified atom stereocenters. The van der Waals surface area contributed by atoms with E-state index in [1.54, 1.807) is 26.4 Å². The van der Waals surface area contributed by atoms with E-state index in [1.165, 1.54) is 0 Å². The fraction of sp³-hybridized carbons (Fsp3) is 0.308. The fourth-order valence-electron chi connectivity index (χ4n) is 4.52. The Morgan fingerprint density at radius 3 is 2.58 bits per heavy atom. The maximum atomic E-state index is 14.1. The monoisotopic (exact) mass is 498 g/mol. The molecule has 5 rings (SSSR count). The molecule has 1 fully saturated rings. The third-order valence-electron chi connectivity index (χ3n) is 6.43. The van der Waals surface area contributed by atoms with E-state index < -0.39 is 23.0 Å². The van der Waals surface area contributed by atoms with Gasteiger partial charge >= 0.3 is 0 Å². The Labute approximate surface area is 206 Å². The van der Waals surface area contributed by atoms with Crippen LogP contribution in [0, 0.1) is 24.4 Å². The minimum Gasteiger partial charge on any atom is -0.495 e. The predicted molar refractivity (Wildman–Crippen MR) is 127 cm³/mol. The van der Waals surface area contributed by atoms with E-state index in [9.17, 15) is 13.2 Å². The van der Waals surface area contributed by atoms with E-state index in [1.807, 2.05) is 47.7 Å². The minimum atomic E-state index is -1.51. The molecule has 7 nitrogen and oxygen atoms in total. The molecule has 1 saturated heterocycles. The minimum absolute atomic E-state index is 0.0217. The summed E-state index contributed by atoms with van der Waals surface area (Å²) in [6.45, 7) is 5.98. The van der Waals surface area contributed by atoms with Crippen LogP contribution < -0.4 is 4.74 Å². The van der Waals surface area contributed by atoms with Crippen LogP contribution in [0.2, 0.25) is 0 Å². The van der Waals surface area contributed by atoms with E-state index >= 15 is 0 Å². The molecule has 10 heteroatoms. The van der Waals surface area contributed by atoms with E-state index in [0.29, 0.717) is 23.9 Å². The molecule has 3 heterocycles. The van der Waals surface area contributed by atoms with Crippen molar-refractivity contribution in [3.63, 3.8) is 0 Å². The number of ether oxygens (including phenoxy) is 2. The number of amidine groups is 1. The van der Waals surface area contributed by atoms with Gasteiger partial charge in [0.25, 0.3) is 0 Å². The van der Waals surface area contributed by atoms with Crippen molar-refractivity contribution < 1.29 is 27.5 Å². The molecule has 0 amide bonds. The Kier molecular flexibility index (Phi) is 5.89. The number of methoxy groups -OCH3 is 1. The molecule has 2 aliphatic rings. The van der Waals surface area contributed by atoms with Crippen molar-refractivity contribution in [2.45, 2.75) is 32.4 Å². The van der Waals surface area contributed by atoms with Crippen molar-refractivity contribution in [2.75, 3.05) is 20.3 Å². The van der Waals surface area contributed by atoms with E-state index in [2.05, 4.69) is 10.1 Å². The highest BCUT2D eigenvalue weighted by Gasteiger charge is 2.45. The molecule has 0 radical (unpaired) electrons. The number of hydrogen-bond acceptors (Lipinski definition) is 6. The number of rotatable bonds is 4. The molecule has 0 spiro atoms. The number of morpholine rings is 1. The standard InChI is InChI=1S/C26H25F3N4O3/c1-15-11-32(14-30-15)21-6-5-17(7-22(21)34-4)8-23-25-31-35-13-26(3,33(25)12-16(2)36-23)18-9-19(27)24(29)20(28)10-18/h5-11,14,16H,12-13H2,1-4H3/b23-8-. The summed E-state index contributed by atoms with van der Waals surface area (Å²) in [4.78, 5) is 11.6. The van der Waals surface area contributed by atoms with E-state index in [-0.39, 0.29) is 18.3 Å². The number of hydrogen-bond donors (Lipinski definition) is 0. The van der Waals surface area contributed by atoms with Gasteiger partial charge in [-0.2, -0.15) is 0 Å².